The third-order valence-corrected chi connectivity index (χ3v) is 8.97. The van der Waals surface area contributed by atoms with Gasteiger partial charge in [0.1, 0.15) is 0 Å². The first kappa shape index (κ1) is 24.2. The second kappa shape index (κ2) is 9.97. The van der Waals surface area contributed by atoms with Crippen LogP contribution in [-0.2, 0) is 22.4 Å². The Bertz CT molecular complexity index is 1310. The van der Waals surface area contributed by atoms with Crippen LogP contribution >= 0.6 is 0 Å². The molecule has 1 aromatic heterocycles. The predicted octanol–water partition coefficient (Wildman–Crippen LogP) is 4.95. The Labute approximate surface area is 219 Å². The summed E-state index contributed by atoms with van der Waals surface area (Å²) in [5, 5.41) is 8.00. The number of rotatable bonds is 5. The van der Waals surface area contributed by atoms with Crippen LogP contribution in [0.25, 0.3) is 10.9 Å². The highest BCUT2D eigenvalue weighted by atomic mass is 16.2. The highest BCUT2D eigenvalue weighted by Crippen LogP contribution is 2.42. The fourth-order valence-electron chi connectivity index (χ4n) is 6.80. The van der Waals surface area contributed by atoms with Crippen molar-refractivity contribution in [2.75, 3.05) is 6.54 Å². The lowest BCUT2D eigenvalue weighted by Gasteiger charge is -2.33. The molecule has 3 aromatic rings. The van der Waals surface area contributed by atoms with Crippen LogP contribution in [0.2, 0.25) is 0 Å². The van der Waals surface area contributed by atoms with Crippen LogP contribution in [0.1, 0.15) is 80.4 Å². The number of para-hydroxylation sites is 1. The Morgan fingerprint density at radius 3 is 2.73 bits per heavy atom. The van der Waals surface area contributed by atoms with Gasteiger partial charge in [-0.15, -0.1) is 0 Å². The van der Waals surface area contributed by atoms with Gasteiger partial charge in [0.25, 0.3) is 0 Å². The molecule has 3 N–H and O–H groups in total. The van der Waals surface area contributed by atoms with E-state index in [0.29, 0.717) is 6.54 Å². The second-order valence-corrected chi connectivity index (χ2v) is 11.2. The van der Waals surface area contributed by atoms with Gasteiger partial charge in [-0.3, -0.25) is 14.5 Å². The Hall–Kier alpha value is -3.12. The van der Waals surface area contributed by atoms with Crippen LogP contribution in [0.4, 0.5) is 0 Å². The molecule has 0 saturated carbocycles. The summed E-state index contributed by atoms with van der Waals surface area (Å²) in [6.45, 7) is 4.72. The number of nitrogens with zero attached hydrogens (tertiary/aromatic N) is 1. The predicted molar refractivity (Wildman–Crippen MR) is 146 cm³/mol. The zero-order valence-corrected chi connectivity index (χ0v) is 21.9. The molecule has 1 fully saturated rings. The molecule has 6 rings (SSSR count). The zero-order chi connectivity index (χ0) is 25.5. The third-order valence-electron chi connectivity index (χ3n) is 8.97. The maximum absolute atomic E-state index is 13.8. The third kappa shape index (κ3) is 4.46. The number of H-pyrrole nitrogens is 1. The molecule has 0 bridgehead atoms. The van der Waals surface area contributed by atoms with Gasteiger partial charge in [0.2, 0.25) is 11.8 Å². The molecule has 3 heterocycles. The van der Waals surface area contributed by atoms with Crippen molar-refractivity contribution in [3.8, 4) is 0 Å². The van der Waals surface area contributed by atoms with Crippen molar-refractivity contribution in [1.29, 1.82) is 0 Å². The fraction of sp³-hybridized carbons (Fsp3) is 0.484. The molecule has 194 valence electrons. The lowest BCUT2D eigenvalue weighted by molar-refractivity contribution is -0.127. The summed E-state index contributed by atoms with van der Waals surface area (Å²) >= 11 is 0. The Morgan fingerprint density at radius 1 is 1.05 bits per heavy atom. The molecule has 37 heavy (non-hydrogen) atoms. The topological polar surface area (TPSA) is 77.2 Å². The molecule has 3 aliphatic rings. The van der Waals surface area contributed by atoms with Gasteiger partial charge in [-0.25, -0.2) is 0 Å². The lowest BCUT2D eigenvalue weighted by atomic mass is 9.87. The first-order valence-corrected chi connectivity index (χ1v) is 14.1. The normalized spacial score (nSPS) is 26.0. The number of nitrogens with one attached hydrogen (secondary N) is 3. The van der Waals surface area contributed by atoms with E-state index in [1.165, 1.54) is 27.8 Å². The fourth-order valence-corrected chi connectivity index (χ4v) is 6.80. The van der Waals surface area contributed by atoms with E-state index in [9.17, 15) is 9.59 Å². The van der Waals surface area contributed by atoms with Gasteiger partial charge < -0.3 is 15.6 Å². The average molecular weight is 499 g/mol. The minimum atomic E-state index is -0.195. The van der Waals surface area contributed by atoms with Crippen molar-refractivity contribution in [2.45, 2.75) is 83.0 Å². The number of hydrogen-bond donors (Lipinski definition) is 3. The van der Waals surface area contributed by atoms with Gasteiger partial charge in [-0.1, -0.05) is 56.3 Å². The van der Waals surface area contributed by atoms with Gasteiger partial charge in [0.05, 0.1) is 18.1 Å². The average Bonchev–Trinajstić information content (AvgIpc) is 3.46. The van der Waals surface area contributed by atoms with Gasteiger partial charge in [-0.2, -0.15) is 0 Å². The van der Waals surface area contributed by atoms with Gasteiger partial charge >= 0.3 is 0 Å². The first-order valence-electron chi connectivity index (χ1n) is 14.1. The van der Waals surface area contributed by atoms with Gasteiger partial charge in [0.15, 0.2) is 0 Å². The second-order valence-electron chi connectivity index (χ2n) is 11.2. The maximum Gasteiger partial charge on any atom is 0.237 e. The maximum atomic E-state index is 13.8. The van der Waals surface area contributed by atoms with Crippen molar-refractivity contribution >= 4 is 22.7 Å². The molecule has 2 aromatic carbocycles. The molecule has 2 amide bonds. The van der Waals surface area contributed by atoms with E-state index < -0.39 is 0 Å². The van der Waals surface area contributed by atoms with Gasteiger partial charge in [0, 0.05) is 35.1 Å². The van der Waals surface area contributed by atoms with Crippen LogP contribution in [0, 0.1) is 5.92 Å². The summed E-state index contributed by atoms with van der Waals surface area (Å²) in [6.07, 6.45) is 6.52. The number of carbonyl (C=O) groups excluding carboxylic acids is 2. The van der Waals surface area contributed by atoms with E-state index in [4.69, 9.17) is 0 Å². The Kier molecular flexibility index (Phi) is 6.53. The number of aromatic nitrogens is 1. The zero-order valence-electron chi connectivity index (χ0n) is 21.9. The Balaban J connectivity index is 1.30. The van der Waals surface area contributed by atoms with E-state index >= 15 is 0 Å². The van der Waals surface area contributed by atoms with Crippen LogP contribution < -0.4 is 10.6 Å². The van der Waals surface area contributed by atoms with Crippen LogP contribution in [-0.4, -0.2) is 40.3 Å². The smallest absolute Gasteiger partial charge is 0.237 e. The number of aryl methyl sites for hydroxylation is 1. The molecule has 6 heteroatoms. The van der Waals surface area contributed by atoms with E-state index in [-0.39, 0.29) is 41.9 Å². The van der Waals surface area contributed by atoms with E-state index in [0.717, 1.165) is 50.5 Å². The molecule has 1 saturated heterocycles. The first-order chi connectivity index (χ1) is 18.0. The monoisotopic (exact) mass is 498 g/mol. The van der Waals surface area contributed by atoms with Crippen LogP contribution in [0.3, 0.4) is 0 Å². The van der Waals surface area contributed by atoms with E-state index in [2.05, 4.69) is 76.0 Å². The summed E-state index contributed by atoms with van der Waals surface area (Å²) in [6, 6.07) is 17.0. The van der Waals surface area contributed by atoms with Crippen LogP contribution in [0.15, 0.2) is 48.5 Å². The number of hydrogen-bond acceptors (Lipinski definition) is 3. The molecular weight excluding hydrogens is 460 g/mol. The van der Waals surface area contributed by atoms with Crippen molar-refractivity contribution in [2.24, 2.45) is 5.92 Å². The summed E-state index contributed by atoms with van der Waals surface area (Å²) in [4.78, 5) is 32.8. The summed E-state index contributed by atoms with van der Waals surface area (Å²) in [7, 11) is 0. The minimum absolute atomic E-state index is 0.0227. The number of fused-ring (bicyclic) bond motifs is 6. The SMILES string of the molecule is CC[C@@H](C)C(=O)N[C@H]1Cc2c([nH]c3ccccc23)[C@H]2CCC(C(=O)N[C@@H]3CCCc4ccccc43)N2C1. The van der Waals surface area contributed by atoms with Crippen LogP contribution in [0.5, 0.6) is 0 Å². The largest absolute Gasteiger partial charge is 0.357 e. The summed E-state index contributed by atoms with van der Waals surface area (Å²) in [5.74, 6) is 0.202. The number of benzene rings is 2. The highest BCUT2D eigenvalue weighted by molar-refractivity contribution is 5.86. The molecule has 0 spiro atoms. The van der Waals surface area contributed by atoms with Crippen molar-refractivity contribution in [3.63, 3.8) is 0 Å². The highest BCUT2D eigenvalue weighted by Gasteiger charge is 2.44. The quantitative estimate of drug-likeness (QED) is 0.466. The van der Waals surface area contributed by atoms with E-state index in [1.54, 1.807) is 0 Å². The van der Waals surface area contributed by atoms with Crippen molar-refractivity contribution in [3.05, 3.63) is 70.9 Å². The molecule has 1 unspecified atom stereocenters. The number of carbonyl (C=O) groups is 2. The molecule has 2 aliphatic heterocycles. The molecule has 1 aliphatic carbocycles. The summed E-state index contributed by atoms with van der Waals surface area (Å²) < 4.78 is 0. The molecular formula is C31H38N4O2. The molecule has 0 radical (unpaired) electrons. The molecule has 5 atom stereocenters. The number of aromatic amines is 1. The standard InChI is InChI=1S/C31H38N4O2/c1-3-19(2)30(36)32-21-17-24-23-12-6-7-13-26(23)33-29(24)27-15-16-28(35(27)18-21)31(37)34-25-14-8-10-20-9-4-5-11-22(20)25/h4-7,9,11-13,19,21,25,27-28,33H,3,8,10,14-18H2,1-2H3,(H,32,36)(H,34,37)/t19-,21+,25-,27-,28?/m1/s1. The van der Waals surface area contributed by atoms with E-state index in [1.807, 2.05) is 6.92 Å². The van der Waals surface area contributed by atoms with Crippen molar-refractivity contribution < 1.29 is 9.59 Å². The Morgan fingerprint density at radius 2 is 1.86 bits per heavy atom. The van der Waals surface area contributed by atoms with Crippen molar-refractivity contribution in [1.82, 2.24) is 20.5 Å². The number of amides is 2. The molecule has 6 nitrogen and oxygen atoms in total. The van der Waals surface area contributed by atoms with Gasteiger partial charge in [-0.05, 0) is 67.7 Å². The summed E-state index contributed by atoms with van der Waals surface area (Å²) in [5.41, 5.74) is 6.27. The lowest BCUT2D eigenvalue weighted by Crippen LogP contribution is -2.51. The minimum Gasteiger partial charge on any atom is -0.357 e.